The maximum atomic E-state index is 12.0. The van der Waals surface area contributed by atoms with E-state index in [1.807, 2.05) is 0 Å². The molecule has 0 saturated carbocycles. The quantitative estimate of drug-likeness (QED) is 0.733. The van der Waals surface area contributed by atoms with Crippen LogP contribution >= 0.6 is 0 Å². The van der Waals surface area contributed by atoms with Gasteiger partial charge in [-0.15, -0.1) is 0 Å². The summed E-state index contributed by atoms with van der Waals surface area (Å²) < 4.78 is 38.6. The first-order valence-corrected chi connectivity index (χ1v) is 8.60. The molecule has 1 aliphatic rings. The van der Waals surface area contributed by atoms with Gasteiger partial charge in [-0.3, -0.25) is 0 Å². The number of hydrogen-bond donors (Lipinski definition) is 1. The summed E-state index contributed by atoms with van der Waals surface area (Å²) in [6, 6.07) is -1.27. The summed E-state index contributed by atoms with van der Waals surface area (Å²) in [6.07, 6.45) is -0.759. The first kappa shape index (κ1) is 18.7. The lowest BCUT2D eigenvalue weighted by Gasteiger charge is -2.34. The van der Waals surface area contributed by atoms with E-state index in [-0.39, 0.29) is 17.9 Å². The Hall–Kier alpha value is -1.35. The monoisotopic (exact) mass is 337 g/mol. The minimum absolute atomic E-state index is 0.0847. The molecule has 1 heterocycles. The highest BCUT2D eigenvalue weighted by molar-refractivity contribution is 7.91. The maximum absolute atomic E-state index is 12.0. The van der Waals surface area contributed by atoms with Crippen LogP contribution in [0.25, 0.3) is 0 Å². The summed E-state index contributed by atoms with van der Waals surface area (Å²) in [5.74, 6) is -1.28. The second kappa shape index (κ2) is 6.41. The predicted molar refractivity (Wildman–Crippen MR) is 78.2 cm³/mol. The molecule has 9 heteroatoms. The van der Waals surface area contributed by atoms with Gasteiger partial charge in [0.15, 0.2) is 15.9 Å². The van der Waals surface area contributed by atoms with E-state index in [1.165, 1.54) is 7.11 Å². The van der Waals surface area contributed by atoms with E-state index < -0.39 is 39.1 Å². The molecule has 0 aromatic carbocycles. The summed E-state index contributed by atoms with van der Waals surface area (Å²) in [5, 5.41) is 2.37. The van der Waals surface area contributed by atoms with Gasteiger partial charge >= 0.3 is 12.1 Å². The Kier molecular flexibility index (Phi) is 5.45. The molecular weight excluding hydrogens is 314 g/mol. The van der Waals surface area contributed by atoms with Crippen molar-refractivity contribution in [2.24, 2.45) is 0 Å². The molecule has 1 amide bonds. The highest BCUT2D eigenvalue weighted by atomic mass is 32.2. The van der Waals surface area contributed by atoms with Crippen LogP contribution in [0.4, 0.5) is 4.79 Å². The van der Waals surface area contributed by atoms with Crippen molar-refractivity contribution in [3.8, 4) is 0 Å². The van der Waals surface area contributed by atoms with E-state index in [9.17, 15) is 18.0 Å². The van der Waals surface area contributed by atoms with Crippen LogP contribution in [0.5, 0.6) is 0 Å². The molecule has 2 atom stereocenters. The zero-order valence-corrected chi connectivity index (χ0v) is 14.3. The van der Waals surface area contributed by atoms with Crippen molar-refractivity contribution in [2.75, 3.05) is 25.7 Å². The number of nitrogens with one attached hydrogen (secondary N) is 1. The second-order valence-electron chi connectivity index (χ2n) is 6.21. The normalized spacial score (nSPS) is 25.3. The van der Waals surface area contributed by atoms with E-state index in [0.717, 1.165) is 7.11 Å². The topological polar surface area (TPSA) is 108 Å². The smallest absolute Gasteiger partial charge is 0.408 e. The Morgan fingerprint density at radius 1 is 1.23 bits per heavy atom. The zero-order valence-electron chi connectivity index (χ0n) is 13.5. The average Bonchev–Trinajstić information content (AvgIpc) is 2.70. The SMILES string of the molecule is COC(=O)C(NC(=O)OC(C)(C)C)C1(OC)CCS(=O)(=O)C1. The number of ether oxygens (including phenoxy) is 3. The van der Waals surface area contributed by atoms with E-state index >= 15 is 0 Å². The number of carbonyl (C=O) groups excluding carboxylic acids is 2. The van der Waals surface area contributed by atoms with Crippen LogP contribution in [-0.2, 0) is 28.8 Å². The van der Waals surface area contributed by atoms with E-state index in [4.69, 9.17) is 9.47 Å². The molecule has 22 heavy (non-hydrogen) atoms. The van der Waals surface area contributed by atoms with Gasteiger partial charge in [0.1, 0.15) is 11.2 Å². The number of methoxy groups -OCH3 is 2. The fraction of sp³-hybridized carbons (Fsp3) is 0.846. The molecule has 0 aliphatic carbocycles. The summed E-state index contributed by atoms with van der Waals surface area (Å²) >= 11 is 0. The van der Waals surface area contributed by atoms with Crippen LogP contribution in [0.1, 0.15) is 27.2 Å². The van der Waals surface area contributed by atoms with Crippen molar-refractivity contribution in [1.82, 2.24) is 5.32 Å². The Morgan fingerprint density at radius 3 is 2.18 bits per heavy atom. The van der Waals surface area contributed by atoms with E-state index in [0.29, 0.717) is 0 Å². The Labute approximate surface area is 130 Å². The molecule has 2 unspecified atom stereocenters. The molecule has 1 aliphatic heterocycles. The number of hydrogen-bond acceptors (Lipinski definition) is 7. The molecular formula is C13H23NO7S. The van der Waals surface area contributed by atoms with Gasteiger partial charge in [0, 0.05) is 7.11 Å². The predicted octanol–water partition coefficient (Wildman–Crippen LogP) is 0.256. The van der Waals surface area contributed by atoms with Crippen molar-refractivity contribution in [3.05, 3.63) is 0 Å². The molecule has 1 N–H and O–H groups in total. The third-order valence-corrected chi connectivity index (χ3v) is 5.09. The van der Waals surface area contributed by atoms with Crippen LogP contribution in [-0.4, -0.2) is 63.4 Å². The van der Waals surface area contributed by atoms with Gasteiger partial charge in [-0.05, 0) is 27.2 Å². The lowest BCUT2D eigenvalue weighted by Crippen LogP contribution is -2.59. The number of amides is 1. The molecule has 0 radical (unpaired) electrons. The number of sulfone groups is 1. The molecule has 1 rings (SSSR count). The third kappa shape index (κ3) is 4.57. The minimum atomic E-state index is -3.35. The molecule has 0 aromatic heterocycles. The molecule has 0 bridgehead atoms. The zero-order chi connectivity index (χ0) is 17.2. The average molecular weight is 337 g/mol. The Balaban J connectivity index is 3.03. The van der Waals surface area contributed by atoms with Crippen LogP contribution in [0, 0.1) is 0 Å². The molecule has 0 spiro atoms. The Bertz CT molecular complexity index is 537. The van der Waals surface area contributed by atoms with E-state index in [1.54, 1.807) is 20.8 Å². The number of rotatable bonds is 4. The largest absolute Gasteiger partial charge is 0.467 e. The van der Waals surface area contributed by atoms with Crippen LogP contribution < -0.4 is 5.32 Å². The molecule has 1 fully saturated rings. The van der Waals surface area contributed by atoms with Crippen LogP contribution in [0.15, 0.2) is 0 Å². The summed E-state index contributed by atoms with van der Waals surface area (Å²) in [7, 11) is -0.898. The molecule has 0 aromatic rings. The van der Waals surface area contributed by atoms with Crippen molar-refractivity contribution in [3.63, 3.8) is 0 Å². The van der Waals surface area contributed by atoms with Crippen molar-refractivity contribution in [1.29, 1.82) is 0 Å². The first-order valence-electron chi connectivity index (χ1n) is 6.78. The maximum Gasteiger partial charge on any atom is 0.408 e. The minimum Gasteiger partial charge on any atom is -0.467 e. The van der Waals surface area contributed by atoms with Gasteiger partial charge in [-0.1, -0.05) is 0 Å². The van der Waals surface area contributed by atoms with Gasteiger partial charge in [-0.25, -0.2) is 18.0 Å². The van der Waals surface area contributed by atoms with Crippen molar-refractivity contribution < 1.29 is 32.2 Å². The van der Waals surface area contributed by atoms with E-state index in [2.05, 4.69) is 10.1 Å². The van der Waals surface area contributed by atoms with Gasteiger partial charge in [0.25, 0.3) is 0 Å². The highest BCUT2D eigenvalue weighted by Gasteiger charge is 2.53. The lowest BCUT2D eigenvalue weighted by molar-refractivity contribution is -0.151. The van der Waals surface area contributed by atoms with Crippen molar-refractivity contribution >= 4 is 21.9 Å². The number of esters is 1. The van der Waals surface area contributed by atoms with Gasteiger partial charge in [0.05, 0.1) is 18.6 Å². The van der Waals surface area contributed by atoms with Gasteiger partial charge < -0.3 is 19.5 Å². The second-order valence-corrected chi connectivity index (χ2v) is 8.40. The summed E-state index contributed by atoms with van der Waals surface area (Å²) in [5.41, 5.74) is -2.12. The first-order chi connectivity index (χ1) is 9.95. The fourth-order valence-corrected chi connectivity index (χ4v) is 4.27. The third-order valence-electron chi connectivity index (χ3n) is 3.33. The molecule has 128 valence electrons. The standard InChI is InChI=1S/C13H23NO7S/c1-12(2,3)21-11(16)14-9(10(15)19-4)13(20-5)6-7-22(17,18)8-13/h9H,6-8H2,1-5H3,(H,14,16). The van der Waals surface area contributed by atoms with Gasteiger partial charge in [0.2, 0.25) is 0 Å². The summed E-state index contributed by atoms with van der Waals surface area (Å²) in [6.45, 7) is 5.02. The molecule has 1 saturated heterocycles. The van der Waals surface area contributed by atoms with Gasteiger partial charge in [-0.2, -0.15) is 0 Å². The summed E-state index contributed by atoms with van der Waals surface area (Å²) in [4.78, 5) is 23.9. The van der Waals surface area contributed by atoms with Crippen LogP contribution in [0.3, 0.4) is 0 Å². The lowest BCUT2D eigenvalue weighted by atomic mass is 9.93. The fourth-order valence-electron chi connectivity index (χ4n) is 2.30. The number of alkyl carbamates (subject to hydrolysis) is 1. The highest BCUT2D eigenvalue weighted by Crippen LogP contribution is 2.31. The van der Waals surface area contributed by atoms with Crippen molar-refractivity contribution in [2.45, 2.75) is 44.4 Å². The Morgan fingerprint density at radius 2 is 1.82 bits per heavy atom. The number of carbonyl (C=O) groups is 2. The van der Waals surface area contributed by atoms with Crippen LogP contribution in [0.2, 0.25) is 0 Å². The molecule has 8 nitrogen and oxygen atoms in total.